The number of methoxy groups -OCH3 is 1. The van der Waals surface area contributed by atoms with Crippen LogP contribution in [0.15, 0.2) is 6.07 Å². The Hall–Kier alpha value is -2.05. The zero-order chi connectivity index (χ0) is 13.8. The molecule has 0 aromatic carbocycles. The molecular formula is C12H19N5O2. The van der Waals surface area contributed by atoms with Crippen LogP contribution in [0.1, 0.15) is 19.2 Å². The SMILES string of the molecule is CCc1nc(N)cc(N2CCC(NC(=O)OC)C2)n1. The number of aromatic nitrogens is 2. The van der Waals surface area contributed by atoms with Gasteiger partial charge in [-0.3, -0.25) is 0 Å². The molecule has 2 heterocycles. The van der Waals surface area contributed by atoms with Crippen molar-refractivity contribution in [2.45, 2.75) is 25.8 Å². The minimum Gasteiger partial charge on any atom is -0.453 e. The minimum atomic E-state index is -0.400. The van der Waals surface area contributed by atoms with Crippen LogP contribution in [0.2, 0.25) is 0 Å². The average Bonchev–Trinajstić information content (AvgIpc) is 2.86. The van der Waals surface area contributed by atoms with E-state index < -0.39 is 6.09 Å². The predicted octanol–water partition coefficient (Wildman–Crippen LogP) is 0.556. The van der Waals surface area contributed by atoms with Gasteiger partial charge in [-0.1, -0.05) is 6.92 Å². The van der Waals surface area contributed by atoms with Crippen molar-refractivity contribution in [3.05, 3.63) is 11.9 Å². The molecule has 104 valence electrons. The Morgan fingerprint density at radius 3 is 3.11 bits per heavy atom. The van der Waals surface area contributed by atoms with Crippen molar-refractivity contribution in [1.29, 1.82) is 0 Å². The summed E-state index contributed by atoms with van der Waals surface area (Å²) >= 11 is 0. The zero-order valence-electron chi connectivity index (χ0n) is 11.2. The van der Waals surface area contributed by atoms with E-state index >= 15 is 0 Å². The number of anilines is 2. The molecule has 0 bridgehead atoms. The van der Waals surface area contributed by atoms with Crippen molar-refractivity contribution in [2.24, 2.45) is 0 Å². The van der Waals surface area contributed by atoms with Gasteiger partial charge in [-0.2, -0.15) is 0 Å². The van der Waals surface area contributed by atoms with Crippen LogP contribution < -0.4 is 16.0 Å². The molecule has 0 saturated carbocycles. The van der Waals surface area contributed by atoms with E-state index in [1.807, 2.05) is 6.92 Å². The first-order valence-electron chi connectivity index (χ1n) is 6.35. The van der Waals surface area contributed by atoms with Gasteiger partial charge in [0.15, 0.2) is 0 Å². The normalized spacial score (nSPS) is 18.4. The number of carbonyl (C=O) groups excluding carboxylic acids is 1. The molecule has 1 amide bonds. The standard InChI is InChI=1S/C12H19N5O2/c1-3-10-15-9(13)6-11(16-10)17-5-4-8(7-17)14-12(18)19-2/h6,8H,3-5,7H2,1-2H3,(H,14,18)(H2,13,15,16). The number of nitrogen functional groups attached to an aromatic ring is 1. The van der Waals surface area contributed by atoms with Crippen LogP contribution in [0.25, 0.3) is 0 Å². The van der Waals surface area contributed by atoms with Crippen molar-refractivity contribution in [2.75, 3.05) is 30.8 Å². The highest BCUT2D eigenvalue weighted by atomic mass is 16.5. The number of rotatable bonds is 3. The fourth-order valence-electron chi connectivity index (χ4n) is 2.13. The number of nitrogens with one attached hydrogen (secondary N) is 1. The van der Waals surface area contributed by atoms with E-state index in [-0.39, 0.29) is 6.04 Å². The van der Waals surface area contributed by atoms with Gasteiger partial charge in [-0.25, -0.2) is 14.8 Å². The molecule has 1 aromatic rings. The van der Waals surface area contributed by atoms with E-state index in [1.165, 1.54) is 7.11 Å². The molecule has 1 aromatic heterocycles. The lowest BCUT2D eigenvalue weighted by atomic mass is 10.3. The molecule has 0 aliphatic carbocycles. The van der Waals surface area contributed by atoms with E-state index in [0.29, 0.717) is 12.4 Å². The number of carbonyl (C=O) groups is 1. The lowest BCUT2D eigenvalue weighted by Gasteiger charge is -2.18. The topological polar surface area (TPSA) is 93.4 Å². The first kappa shape index (κ1) is 13.4. The molecule has 1 atom stereocenters. The molecule has 1 unspecified atom stereocenters. The number of amides is 1. The van der Waals surface area contributed by atoms with E-state index in [0.717, 1.165) is 31.0 Å². The summed E-state index contributed by atoms with van der Waals surface area (Å²) in [7, 11) is 1.36. The molecular weight excluding hydrogens is 246 g/mol. The van der Waals surface area contributed by atoms with Crippen LogP contribution in [0.4, 0.5) is 16.4 Å². The smallest absolute Gasteiger partial charge is 0.407 e. The first-order chi connectivity index (χ1) is 9.12. The van der Waals surface area contributed by atoms with E-state index in [4.69, 9.17) is 5.73 Å². The zero-order valence-corrected chi connectivity index (χ0v) is 11.2. The molecule has 7 heteroatoms. The number of ether oxygens (including phenoxy) is 1. The molecule has 7 nitrogen and oxygen atoms in total. The van der Waals surface area contributed by atoms with Gasteiger partial charge in [0.2, 0.25) is 0 Å². The first-order valence-corrected chi connectivity index (χ1v) is 6.35. The highest BCUT2D eigenvalue weighted by Crippen LogP contribution is 2.20. The summed E-state index contributed by atoms with van der Waals surface area (Å²) in [5.74, 6) is 2.03. The van der Waals surface area contributed by atoms with Gasteiger partial charge in [0.05, 0.1) is 13.2 Å². The number of nitrogens with two attached hydrogens (primary N) is 1. The highest BCUT2D eigenvalue weighted by molar-refractivity contribution is 5.67. The number of hydrogen-bond donors (Lipinski definition) is 2. The molecule has 1 aliphatic heterocycles. The van der Waals surface area contributed by atoms with Crippen LogP contribution in [0.5, 0.6) is 0 Å². The third-order valence-corrected chi connectivity index (χ3v) is 3.11. The van der Waals surface area contributed by atoms with Crippen molar-refractivity contribution in [3.8, 4) is 0 Å². The third-order valence-electron chi connectivity index (χ3n) is 3.11. The van der Waals surface area contributed by atoms with Crippen molar-refractivity contribution in [1.82, 2.24) is 15.3 Å². The lowest BCUT2D eigenvalue weighted by Crippen LogP contribution is -2.37. The maximum atomic E-state index is 11.2. The van der Waals surface area contributed by atoms with Gasteiger partial charge in [-0.15, -0.1) is 0 Å². The largest absolute Gasteiger partial charge is 0.453 e. The summed E-state index contributed by atoms with van der Waals surface area (Å²) in [6, 6.07) is 1.84. The second-order valence-corrected chi connectivity index (χ2v) is 4.49. The summed E-state index contributed by atoms with van der Waals surface area (Å²) in [6.45, 7) is 3.52. The van der Waals surface area contributed by atoms with Crippen molar-refractivity contribution < 1.29 is 9.53 Å². The fraction of sp³-hybridized carbons (Fsp3) is 0.583. The van der Waals surface area contributed by atoms with Crippen LogP contribution >= 0.6 is 0 Å². The second kappa shape index (κ2) is 5.73. The van der Waals surface area contributed by atoms with Gasteiger partial charge >= 0.3 is 6.09 Å². The van der Waals surface area contributed by atoms with Crippen LogP contribution in [-0.2, 0) is 11.2 Å². The van der Waals surface area contributed by atoms with Crippen LogP contribution in [0, 0.1) is 0 Å². The van der Waals surface area contributed by atoms with E-state index in [2.05, 4.69) is 24.9 Å². The number of aryl methyl sites for hydroxylation is 1. The monoisotopic (exact) mass is 265 g/mol. The summed E-state index contributed by atoms with van der Waals surface area (Å²) in [6.07, 6.45) is 1.21. The second-order valence-electron chi connectivity index (χ2n) is 4.49. The van der Waals surface area contributed by atoms with Gasteiger partial charge in [-0.05, 0) is 6.42 Å². The average molecular weight is 265 g/mol. The summed E-state index contributed by atoms with van der Waals surface area (Å²) < 4.78 is 4.59. The Bertz CT molecular complexity index is 465. The quantitative estimate of drug-likeness (QED) is 0.829. The van der Waals surface area contributed by atoms with Gasteiger partial charge in [0, 0.05) is 25.6 Å². The van der Waals surface area contributed by atoms with Crippen LogP contribution in [-0.4, -0.2) is 42.3 Å². The lowest BCUT2D eigenvalue weighted by molar-refractivity contribution is 0.167. The molecule has 1 aliphatic rings. The van der Waals surface area contributed by atoms with Gasteiger partial charge in [0.25, 0.3) is 0 Å². The van der Waals surface area contributed by atoms with Crippen molar-refractivity contribution >= 4 is 17.7 Å². The van der Waals surface area contributed by atoms with Gasteiger partial charge in [0.1, 0.15) is 17.5 Å². The molecule has 0 spiro atoms. The molecule has 1 fully saturated rings. The Kier molecular flexibility index (Phi) is 4.03. The predicted molar refractivity (Wildman–Crippen MR) is 72.0 cm³/mol. The Labute approximate surface area is 112 Å². The number of alkyl carbamates (subject to hydrolysis) is 1. The maximum absolute atomic E-state index is 11.2. The molecule has 19 heavy (non-hydrogen) atoms. The Morgan fingerprint density at radius 1 is 1.63 bits per heavy atom. The van der Waals surface area contributed by atoms with Crippen molar-refractivity contribution in [3.63, 3.8) is 0 Å². The van der Waals surface area contributed by atoms with Crippen LogP contribution in [0.3, 0.4) is 0 Å². The molecule has 1 saturated heterocycles. The fourth-order valence-corrected chi connectivity index (χ4v) is 2.13. The Balaban J connectivity index is 2.04. The summed E-state index contributed by atoms with van der Waals surface area (Å²) in [4.78, 5) is 21.9. The molecule has 3 N–H and O–H groups in total. The third kappa shape index (κ3) is 3.24. The minimum absolute atomic E-state index is 0.0775. The number of nitrogens with zero attached hydrogens (tertiary/aromatic N) is 3. The summed E-state index contributed by atoms with van der Waals surface area (Å²) in [5, 5.41) is 2.79. The number of hydrogen-bond acceptors (Lipinski definition) is 6. The highest BCUT2D eigenvalue weighted by Gasteiger charge is 2.25. The molecule has 2 rings (SSSR count). The summed E-state index contributed by atoms with van der Waals surface area (Å²) in [5.41, 5.74) is 5.77. The van der Waals surface area contributed by atoms with Gasteiger partial charge < -0.3 is 20.7 Å². The Morgan fingerprint density at radius 2 is 2.42 bits per heavy atom. The van der Waals surface area contributed by atoms with E-state index in [1.54, 1.807) is 6.07 Å². The maximum Gasteiger partial charge on any atom is 0.407 e. The molecule has 0 radical (unpaired) electrons. The van der Waals surface area contributed by atoms with E-state index in [9.17, 15) is 4.79 Å².